The van der Waals surface area contributed by atoms with Crippen LogP contribution in [0.4, 0.5) is 0 Å². The van der Waals surface area contributed by atoms with Crippen molar-refractivity contribution in [1.82, 2.24) is 10.2 Å². The van der Waals surface area contributed by atoms with E-state index in [2.05, 4.69) is 5.32 Å². The second-order valence-corrected chi connectivity index (χ2v) is 7.21. The molecule has 2 aliphatic rings. The lowest BCUT2D eigenvalue weighted by Gasteiger charge is -2.29. The molecule has 1 aliphatic heterocycles. The van der Waals surface area contributed by atoms with E-state index >= 15 is 0 Å². The monoisotopic (exact) mass is 303 g/mol. The first-order chi connectivity index (χ1) is 9.38. The second kappa shape index (κ2) is 6.19. The van der Waals surface area contributed by atoms with Crippen LogP contribution in [-0.4, -0.2) is 49.5 Å². The number of sulfonamides is 1. The summed E-state index contributed by atoms with van der Waals surface area (Å²) in [5.74, 6) is -0.625. The molecule has 114 valence electrons. The summed E-state index contributed by atoms with van der Waals surface area (Å²) in [4.78, 5) is 25.6. The molecule has 2 rings (SSSR count). The Kier molecular flexibility index (Phi) is 4.77. The summed E-state index contributed by atoms with van der Waals surface area (Å²) < 4.78 is 21.7. The zero-order chi connectivity index (χ0) is 14.8. The summed E-state index contributed by atoms with van der Waals surface area (Å²) in [6, 6.07) is -0.583. The molecule has 1 heterocycles. The summed E-state index contributed by atoms with van der Waals surface area (Å²) in [6.45, 7) is 0.0844. The van der Waals surface area contributed by atoms with Crippen molar-refractivity contribution in [3.8, 4) is 0 Å². The number of primary sulfonamides is 1. The van der Waals surface area contributed by atoms with E-state index < -0.39 is 16.1 Å². The number of hydrogen-bond donors (Lipinski definition) is 2. The molecule has 20 heavy (non-hydrogen) atoms. The van der Waals surface area contributed by atoms with Gasteiger partial charge in [-0.3, -0.25) is 14.5 Å². The van der Waals surface area contributed by atoms with Crippen LogP contribution in [0.5, 0.6) is 0 Å². The van der Waals surface area contributed by atoms with Crippen LogP contribution < -0.4 is 10.5 Å². The normalized spacial score (nSPS) is 25.4. The molecular weight excluding hydrogens is 282 g/mol. The number of nitrogens with zero attached hydrogens (tertiary/aromatic N) is 1. The number of imide groups is 1. The first kappa shape index (κ1) is 15.4. The van der Waals surface area contributed by atoms with E-state index in [4.69, 9.17) is 5.14 Å². The Morgan fingerprint density at radius 1 is 1.20 bits per heavy atom. The lowest BCUT2D eigenvalue weighted by Crippen LogP contribution is -2.45. The number of rotatable bonds is 5. The van der Waals surface area contributed by atoms with Crippen LogP contribution in [0.15, 0.2) is 0 Å². The molecule has 3 N–H and O–H groups in total. The standard InChI is InChI=1S/C12H21N3O4S/c13-20(18,19)7-6-14-10-8-11(16)15(12(10)17)9-4-2-1-3-5-9/h9-10,14H,1-8H2,(H2,13,18,19). The third-order valence-corrected chi connectivity index (χ3v) is 4.67. The van der Waals surface area contributed by atoms with Crippen molar-refractivity contribution in [2.24, 2.45) is 5.14 Å². The summed E-state index contributed by atoms with van der Waals surface area (Å²) in [5, 5.41) is 7.71. The Bertz CT molecular complexity index is 485. The van der Waals surface area contributed by atoms with Gasteiger partial charge in [-0.2, -0.15) is 0 Å². The molecule has 8 heteroatoms. The van der Waals surface area contributed by atoms with Gasteiger partial charge in [-0.15, -0.1) is 0 Å². The highest BCUT2D eigenvalue weighted by molar-refractivity contribution is 7.89. The number of nitrogens with two attached hydrogens (primary N) is 1. The number of carbonyl (C=O) groups is 2. The smallest absolute Gasteiger partial charge is 0.247 e. The van der Waals surface area contributed by atoms with Gasteiger partial charge in [-0.25, -0.2) is 13.6 Å². The molecule has 0 radical (unpaired) electrons. The van der Waals surface area contributed by atoms with E-state index in [0.717, 1.165) is 32.1 Å². The summed E-state index contributed by atoms with van der Waals surface area (Å²) in [7, 11) is -3.55. The number of carbonyl (C=O) groups excluding carboxylic acids is 2. The molecule has 0 aromatic rings. The molecule has 1 saturated heterocycles. The minimum atomic E-state index is -3.55. The molecule has 1 unspecified atom stereocenters. The zero-order valence-corrected chi connectivity index (χ0v) is 12.2. The average Bonchev–Trinajstić information content (AvgIpc) is 2.64. The van der Waals surface area contributed by atoms with E-state index in [1.165, 1.54) is 4.90 Å². The van der Waals surface area contributed by atoms with Crippen molar-refractivity contribution >= 4 is 21.8 Å². The molecule has 0 aromatic carbocycles. The van der Waals surface area contributed by atoms with Gasteiger partial charge in [0, 0.05) is 12.6 Å². The van der Waals surface area contributed by atoms with Gasteiger partial charge in [-0.05, 0) is 12.8 Å². The van der Waals surface area contributed by atoms with Gasteiger partial charge < -0.3 is 5.32 Å². The molecule has 7 nitrogen and oxygen atoms in total. The van der Waals surface area contributed by atoms with Crippen molar-refractivity contribution in [1.29, 1.82) is 0 Å². The molecule has 0 spiro atoms. The highest BCUT2D eigenvalue weighted by Crippen LogP contribution is 2.27. The maximum absolute atomic E-state index is 12.2. The third kappa shape index (κ3) is 3.77. The number of nitrogens with one attached hydrogen (secondary N) is 1. The van der Waals surface area contributed by atoms with Gasteiger partial charge >= 0.3 is 0 Å². The number of amides is 2. The maximum atomic E-state index is 12.2. The Hall–Kier alpha value is -0.990. The molecule has 1 aliphatic carbocycles. The largest absolute Gasteiger partial charge is 0.304 e. The highest BCUT2D eigenvalue weighted by Gasteiger charge is 2.42. The van der Waals surface area contributed by atoms with Gasteiger partial charge in [0.25, 0.3) is 0 Å². The third-order valence-electron chi connectivity index (χ3n) is 3.90. The SMILES string of the molecule is NS(=O)(=O)CCNC1CC(=O)N(C2CCCCC2)C1=O. The first-order valence-corrected chi connectivity index (χ1v) is 8.70. The van der Waals surface area contributed by atoms with Gasteiger partial charge in [0.15, 0.2) is 0 Å². The maximum Gasteiger partial charge on any atom is 0.247 e. The lowest BCUT2D eigenvalue weighted by atomic mass is 9.94. The summed E-state index contributed by atoms with van der Waals surface area (Å²) >= 11 is 0. The van der Waals surface area contributed by atoms with Gasteiger partial charge in [0.1, 0.15) is 0 Å². The Balaban J connectivity index is 1.91. The topological polar surface area (TPSA) is 110 Å². The van der Waals surface area contributed by atoms with Crippen LogP contribution in [0.3, 0.4) is 0 Å². The highest BCUT2D eigenvalue weighted by atomic mass is 32.2. The molecule has 1 atom stereocenters. The van der Waals surface area contributed by atoms with Crippen LogP contribution in [-0.2, 0) is 19.6 Å². The van der Waals surface area contributed by atoms with E-state index in [1.54, 1.807) is 0 Å². The Morgan fingerprint density at radius 3 is 2.45 bits per heavy atom. The minimum absolute atomic E-state index is 0.0220. The van der Waals surface area contributed by atoms with Crippen LogP contribution >= 0.6 is 0 Å². The van der Waals surface area contributed by atoms with Gasteiger partial charge in [0.05, 0.1) is 18.2 Å². The summed E-state index contributed by atoms with van der Waals surface area (Å²) in [6.07, 6.45) is 5.11. The van der Waals surface area contributed by atoms with Crippen molar-refractivity contribution in [2.75, 3.05) is 12.3 Å². The van der Waals surface area contributed by atoms with Crippen molar-refractivity contribution < 1.29 is 18.0 Å². The van der Waals surface area contributed by atoms with E-state index in [9.17, 15) is 18.0 Å². The van der Waals surface area contributed by atoms with Gasteiger partial charge in [-0.1, -0.05) is 19.3 Å². The quantitative estimate of drug-likeness (QED) is 0.654. The van der Waals surface area contributed by atoms with Crippen LogP contribution in [0.25, 0.3) is 0 Å². The fraction of sp³-hybridized carbons (Fsp3) is 0.833. The van der Waals surface area contributed by atoms with Crippen molar-refractivity contribution in [2.45, 2.75) is 50.6 Å². The fourth-order valence-corrected chi connectivity index (χ4v) is 3.31. The summed E-state index contributed by atoms with van der Waals surface area (Å²) in [5.41, 5.74) is 0. The van der Waals surface area contributed by atoms with Crippen molar-refractivity contribution in [3.05, 3.63) is 0 Å². The molecule has 0 aromatic heterocycles. The molecule has 2 fully saturated rings. The predicted molar refractivity (Wildman–Crippen MR) is 73.1 cm³/mol. The average molecular weight is 303 g/mol. The lowest BCUT2D eigenvalue weighted by molar-refractivity contribution is -0.142. The Morgan fingerprint density at radius 2 is 1.85 bits per heavy atom. The predicted octanol–water partition coefficient (Wildman–Crippen LogP) is -0.675. The van der Waals surface area contributed by atoms with Crippen LogP contribution in [0.1, 0.15) is 38.5 Å². The van der Waals surface area contributed by atoms with E-state index in [1.807, 2.05) is 0 Å². The van der Waals surface area contributed by atoms with Gasteiger partial charge in [0.2, 0.25) is 21.8 Å². The van der Waals surface area contributed by atoms with Crippen LogP contribution in [0.2, 0.25) is 0 Å². The minimum Gasteiger partial charge on any atom is -0.304 e. The first-order valence-electron chi connectivity index (χ1n) is 6.98. The van der Waals surface area contributed by atoms with Crippen LogP contribution in [0, 0.1) is 0 Å². The molecular formula is C12H21N3O4S. The fourth-order valence-electron chi connectivity index (χ4n) is 2.91. The number of hydrogen-bond acceptors (Lipinski definition) is 5. The van der Waals surface area contributed by atoms with Crippen molar-refractivity contribution in [3.63, 3.8) is 0 Å². The number of likely N-dealkylation sites (tertiary alicyclic amines) is 1. The van der Waals surface area contributed by atoms with E-state index in [0.29, 0.717) is 0 Å². The second-order valence-electron chi connectivity index (χ2n) is 5.47. The zero-order valence-electron chi connectivity index (χ0n) is 11.4. The molecule has 1 saturated carbocycles. The Labute approximate surface area is 118 Å². The molecule has 2 amide bonds. The molecule has 0 bridgehead atoms. The van der Waals surface area contributed by atoms with E-state index in [-0.39, 0.29) is 36.6 Å².